The van der Waals surface area contributed by atoms with E-state index in [0.29, 0.717) is 0 Å². The molecule has 7 heteroatoms. The van der Waals surface area contributed by atoms with Crippen LogP contribution in [0.2, 0.25) is 0 Å². The van der Waals surface area contributed by atoms with Crippen LogP contribution in [-0.4, -0.2) is 9.79 Å². The average molecular weight is 296 g/mol. The van der Waals surface area contributed by atoms with E-state index in [-0.39, 0.29) is 5.75 Å². The second-order valence-corrected chi connectivity index (χ2v) is 5.12. The molecule has 6 N–H and O–H groups in total. The van der Waals surface area contributed by atoms with Crippen molar-refractivity contribution in [3.05, 3.63) is 54.1 Å². The van der Waals surface area contributed by atoms with Crippen LogP contribution in [0.5, 0.6) is 5.75 Å². The summed E-state index contributed by atoms with van der Waals surface area (Å²) in [5.74, 6) is 0.167. The lowest BCUT2D eigenvalue weighted by atomic mass is 10.2. The lowest BCUT2D eigenvalue weighted by Crippen LogP contribution is -1.94. The van der Waals surface area contributed by atoms with Gasteiger partial charge in [-0.3, -0.25) is 9.79 Å². The first-order chi connectivity index (χ1) is 9.29. The zero-order valence-electron chi connectivity index (χ0n) is 10.9. The van der Waals surface area contributed by atoms with Crippen molar-refractivity contribution in [2.75, 3.05) is 11.5 Å². The van der Waals surface area contributed by atoms with Crippen molar-refractivity contribution in [3.8, 4) is 5.75 Å². The van der Waals surface area contributed by atoms with Crippen LogP contribution in [0.1, 0.15) is 5.56 Å². The predicted octanol–water partition coefficient (Wildman–Crippen LogP) is 2.32. The fourth-order valence-electron chi connectivity index (χ4n) is 1.29. The summed E-state index contributed by atoms with van der Waals surface area (Å²) in [6, 6.07) is 13.5. The molecule has 0 fully saturated rings. The molecule has 0 aliphatic carbocycles. The van der Waals surface area contributed by atoms with Gasteiger partial charge in [0.2, 0.25) is 0 Å². The van der Waals surface area contributed by atoms with Gasteiger partial charge in [0, 0.05) is 11.4 Å². The second-order valence-electron chi connectivity index (χ2n) is 3.96. The summed E-state index contributed by atoms with van der Waals surface area (Å²) >= 11 is 0. The highest BCUT2D eigenvalue weighted by atomic mass is 31.2. The van der Waals surface area contributed by atoms with Gasteiger partial charge in [-0.2, -0.15) is 0 Å². The van der Waals surface area contributed by atoms with Crippen LogP contribution < -0.4 is 16.0 Å². The van der Waals surface area contributed by atoms with Crippen LogP contribution in [0.3, 0.4) is 0 Å². The first-order valence-corrected chi connectivity index (χ1v) is 7.23. The topological polar surface area (TPSA) is 119 Å². The van der Waals surface area contributed by atoms with Gasteiger partial charge in [-0.15, -0.1) is 0 Å². The summed E-state index contributed by atoms with van der Waals surface area (Å²) < 4.78 is 14.5. The molecule has 0 bridgehead atoms. The summed E-state index contributed by atoms with van der Waals surface area (Å²) in [6.07, 6.45) is 0. The molecular formula is C13H17N2O4P. The molecule has 2 aromatic carbocycles. The summed E-state index contributed by atoms with van der Waals surface area (Å²) in [5.41, 5.74) is 13.6. The molecule has 0 spiro atoms. The van der Waals surface area contributed by atoms with Crippen LogP contribution >= 0.6 is 7.82 Å². The minimum absolute atomic E-state index is 0.167. The Morgan fingerprint density at radius 1 is 0.950 bits per heavy atom. The van der Waals surface area contributed by atoms with Gasteiger partial charge in [-0.1, -0.05) is 24.3 Å². The Morgan fingerprint density at radius 3 is 1.85 bits per heavy atom. The maximum atomic E-state index is 10.3. The summed E-state index contributed by atoms with van der Waals surface area (Å²) in [6.45, 7) is 1.91. The van der Waals surface area contributed by atoms with Crippen LogP contribution in [-0.2, 0) is 4.57 Å². The standard InChI is InChI=1S/C7H10N2.C6H7O4P/c1-5-6(8)3-2-4-7(5)9;7-11(8,9)10-6-4-2-1-3-5-6/h2-4H,8-9H2,1H3;1-5H,(H2,7,8,9). The smallest absolute Gasteiger partial charge is 0.404 e. The first kappa shape index (κ1) is 16.0. The van der Waals surface area contributed by atoms with E-state index >= 15 is 0 Å². The number of para-hydroxylation sites is 1. The number of hydrogen-bond acceptors (Lipinski definition) is 4. The number of phosphoric acid groups is 1. The third-order valence-electron chi connectivity index (χ3n) is 2.39. The van der Waals surface area contributed by atoms with Gasteiger partial charge in [-0.05, 0) is 36.8 Å². The molecule has 2 rings (SSSR count). The Morgan fingerprint density at radius 2 is 1.45 bits per heavy atom. The molecule has 0 saturated carbocycles. The van der Waals surface area contributed by atoms with E-state index in [2.05, 4.69) is 4.52 Å². The normalized spacial score (nSPS) is 10.3. The average Bonchev–Trinajstić information content (AvgIpc) is 2.36. The highest BCUT2D eigenvalue weighted by Gasteiger charge is 2.14. The second kappa shape index (κ2) is 6.96. The van der Waals surface area contributed by atoms with Crippen molar-refractivity contribution in [3.63, 3.8) is 0 Å². The molecule has 6 nitrogen and oxygen atoms in total. The molecule has 0 aromatic heterocycles. The van der Waals surface area contributed by atoms with E-state index in [1.54, 1.807) is 18.2 Å². The molecule has 108 valence electrons. The van der Waals surface area contributed by atoms with Crippen LogP contribution in [0.4, 0.5) is 11.4 Å². The van der Waals surface area contributed by atoms with E-state index in [1.165, 1.54) is 12.1 Å². The molecule has 0 radical (unpaired) electrons. The summed E-state index contributed by atoms with van der Waals surface area (Å²) in [4.78, 5) is 16.7. The molecule has 0 atom stereocenters. The van der Waals surface area contributed by atoms with Crippen LogP contribution in [0, 0.1) is 6.92 Å². The van der Waals surface area contributed by atoms with Gasteiger partial charge < -0.3 is 16.0 Å². The van der Waals surface area contributed by atoms with E-state index in [0.717, 1.165) is 16.9 Å². The monoisotopic (exact) mass is 296 g/mol. The highest BCUT2D eigenvalue weighted by molar-refractivity contribution is 7.46. The lowest BCUT2D eigenvalue weighted by Gasteiger charge is -2.04. The SMILES string of the molecule is Cc1c(N)cccc1N.O=P(O)(O)Oc1ccccc1. The Balaban J connectivity index is 0.000000204. The molecule has 0 aliphatic heterocycles. The number of benzene rings is 2. The fourth-order valence-corrected chi connectivity index (χ4v) is 1.69. The van der Waals surface area contributed by atoms with Gasteiger partial charge in [0.05, 0.1) is 0 Å². The minimum Gasteiger partial charge on any atom is -0.404 e. The van der Waals surface area contributed by atoms with Gasteiger partial charge in [0.1, 0.15) is 5.75 Å². The van der Waals surface area contributed by atoms with Gasteiger partial charge in [-0.25, -0.2) is 4.57 Å². The summed E-state index contributed by atoms with van der Waals surface area (Å²) in [5, 5.41) is 0. The minimum atomic E-state index is -4.39. The fraction of sp³-hybridized carbons (Fsp3) is 0.0769. The number of hydrogen-bond donors (Lipinski definition) is 4. The lowest BCUT2D eigenvalue weighted by molar-refractivity contribution is 0.283. The quantitative estimate of drug-likeness (QED) is 0.499. The highest BCUT2D eigenvalue weighted by Crippen LogP contribution is 2.36. The zero-order chi connectivity index (χ0) is 15.2. The van der Waals surface area contributed by atoms with Crippen molar-refractivity contribution in [2.45, 2.75) is 6.92 Å². The largest absolute Gasteiger partial charge is 0.524 e. The number of rotatable bonds is 2. The molecule has 0 aliphatic rings. The molecule has 0 unspecified atom stereocenters. The van der Waals surface area contributed by atoms with Crippen molar-refractivity contribution >= 4 is 19.2 Å². The van der Waals surface area contributed by atoms with Crippen LogP contribution in [0.25, 0.3) is 0 Å². The third kappa shape index (κ3) is 5.75. The van der Waals surface area contributed by atoms with Crippen LogP contribution in [0.15, 0.2) is 48.5 Å². The molecule has 20 heavy (non-hydrogen) atoms. The van der Waals surface area contributed by atoms with Crippen molar-refractivity contribution < 1.29 is 18.9 Å². The molecule has 2 aromatic rings. The van der Waals surface area contributed by atoms with E-state index in [4.69, 9.17) is 21.3 Å². The van der Waals surface area contributed by atoms with Gasteiger partial charge >= 0.3 is 7.82 Å². The Bertz CT molecular complexity index is 578. The van der Waals surface area contributed by atoms with Crippen molar-refractivity contribution in [1.82, 2.24) is 0 Å². The first-order valence-electron chi connectivity index (χ1n) is 5.70. The Labute approximate surface area is 117 Å². The molecule has 0 heterocycles. The van der Waals surface area contributed by atoms with E-state index < -0.39 is 7.82 Å². The summed E-state index contributed by atoms with van der Waals surface area (Å²) in [7, 11) is -4.39. The number of nitrogen functional groups attached to an aromatic ring is 2. The maximum Gasteiger partial charge on any atom is 0.524 e. The van der Waals surface area contributed by atoms with Crippen molar-refractivity contribution in [1.29, 1.82) is 0 Å². The molecular weight excluding hydrogens is 279 g/mol. The van der Waals surface area contributed by atoms with Crippen molar-refractivity contribution in [2.24, 2.45) is 0 Å². The van der Waals surface area contributed by atoms with E-state index in [1.807, 2.05) is 25.1 Å². The molecule has 0 amide bonds. The van der Waals surface area contributed by atoms with Gasteiger partial charge in [0.25, 0.3) is 0 Å². The predicted molar refractivity (Wildman–Crippen MR) is 79.1 cm³/mol. The van der Waals surface area contributed by atoms with E-state index in [9.17, 15) is 4.57 Å². The Hall–Kier alpha value is -2.01. The third-order valence-corrected chi connectivity index (χ3v) is 2.83. The number of phosphoric ester groups is 1. The Kier molecular flexibility index (Phi) is 5.58. The van der Waals surface area contributed by atoms with Gasteiger partial charge in [0.15, 0.2) is 0 Å². The number of anilines is 2. The zero-order valence-corrected chi connectivity index (χ0v) is 11.8. The number of nitrogens with two attached hydrogens (primary N) is 2. The molecule has 0 saturated heterocycles. The maximum absolute atomic E-state index is 10.3.